The Kier molecular flexibility index (Phi) is 3.63. The van der Waals surface area contributed by atoms with Gasteiger partial charge in [-0.3, -0.25) is 9.69 Å². The van der Waals surface area contributed by atoms with E-state index in [1.54, 1.807) is 0 Å². The molecule has 2 aliphatic rings. The molecule has 1 aromatic rings. The maximum atomic E-state index is 11.7. The molecule has 1 aromatic carbocycles. The van der Waals surface area contributed by atoms with E-state index in [9.17, 15) is 9.90 Å². The number of likely N-dealkylation sites (tertiary alicyclic amines) is 1. The molecule has 0 amide bonds. The zero-order valence-electron chi connectivity index (χ0n) is 10.8. The second-order valence-corrected chi connectivity index (χ2v) is 6.52. The first kappa shape index (κ1) is 13.1. The molecule has 1 saturated heterocycles. The van der Waals surface area contributed by atoms with Crippen LogP contribution >= 0.6 is 15.9 Å². The van der Waals surface area contributed by atoms with Crippen molar-refractivity contribution in [3.05, 3.63) is 34.3 Å². The van der Waals surface area contributed by atoms with Gasteiger partial charge >= 0.3 is 5.97 Å². The predicted octanol–water partition coefficient (Wildman–Crippen LogP) is 3.31. The first-order valence-electron chi connectivity index (χ1n) is 6.88. The normalized spacial score (nSPS) is 28.3. The van der Waals surface area contributed by atoms with Gasteiger partial charge in [0, 0.05) is 17.6 Å². The SMILES string of the molecule is O=C(O)C(c1ccccc1Br)N1CC2CCCC2C1. The minimum atomic E-state index is -0.744. The molecule has 4 heteroatoms. The molecule has 3 unspecified atom stereocenters. The minimum Gasteiger partial charge on any atom is -0.480 e. The zero-order valence-corrected chi connectivity index (χ0v) is 12.3. The fourth-order valence-corrected chi connectivity index (χ4v) is 4.17. The first-order chi connectivity index (χ1) is 9.16. The summed E-state index contributed by atoms with van der Waals surface area (Å²) in [7, 11) is 0. The van der Waals surface area contributed by atoms with Crippen LogP contribution < -0.4 is 0 Å². The lowest BCUT2D eigenvalue weighted by atomic mass is 10.0. The van der Waals surface area contributed by atoms with Crippen molar-refractivity contribution in [3.8, 4) is 0 Å². The highest BCUT2D eigenvalue weighted by Gasteiger charge is 2.41. The van der Waals surface area contributed by atoms with Crippen LogP contribution in [0.1, 0.15) is 30.9 Å². The summed E-state index contributed by atoms with van der Waals surface area (Å²) in [5.41, 5.74) is 0.870. The van der Waals surface area contributed by atoms with E-state index in [1.165, 1.54) is 19.3 Å². The van der Waals surface area contributed by atoms with E-state index in [2.05, 4.69) is 20.8 Å². The van der Waals surface area contributed by atoms with Gasteiger partial charge in [0.15, 0.2) is 0 Å². The van der Waals surface area contributed by atoms with Crippen molar-refractivity contribution in [2.45, 2.75) is 25.3 Å². The Balaban J connectivity index is 1.87. The molecule has 19 heavy (non-hydrogen) atoms. The van der Waals surface area contributed by atoms with Gasteiger partial charge < -0.3 is 5.11 Å². The number of carboxylic acids is 1. The van der Waals surface area contributed by atoms with Crippen LogP contribution in [0.15, 0.2) is 28.7 Å². The van der Waals surface area contributed by atoms with Crippen molar-refractivity contribution >= 4 is 21.9 Å². The highest BCUT2D eigenvalue weighted by Crippen LogP contribution is 2.41. The number of hydrogen-bond donors (Lipinski definition) is 1. The third kappa shape index (κ3) is 2.43. The third-order valence-corrected chi connectivity index (χ3v) is 5.28. The Morgan fingerprint density at radius 2 is 1.89 bits per heavy atom. The average Bonchev–Trinajstić information content (AvgIpc) is 2.92. The lowest BCUT2D eigenvalue weighted by molar-refractivity contribution is -0.143. The number of nitrogens with zero attached hydrogens (tertiary/aromatic N) is 1. The standard InChI is InChI=1S/C15H18BrNO2/c16-13-7-2-1-6-12(13)14(15(18)19)17-8-10-4-3-5-11(10)9-17/h1-2,6-7,10-11,14H,3-5,8-9H2,(H,18,19). The van der Waals surface area contributed by atoms with Crippen LogP contribution in [0, 0.1) is 11.8 Å². The number of aliphatic carboxylic acids is 1. The molecule has 0 spiro atoms. The Morgan fingerprint density at radius 1 is 1.26 bits per heavy atom. The Hall–Kier alpha value is -0.870. The smallest absolute Gasteiger partial charge is 0.325 e. The highest BCUT2D eigenvalue weighted by atomic mass is 79.9. The highest BCUT2D eigenvalue weighted by molar-refractivity contribution is 9.10. The molecule has 1 aliphatic heterocycles. The number of hydrogen-bond acceptors (Lipinski definition) is 2. The summed E-state index contributed by atoms with van der Waals surface area (Å²) in [6.45, 7) is 1.87. The topological polar surface area (TPSA) is 40.5 Å². The molecule has 0 bridgehead atoms. The maximum Gasteiger partial charge on any atom is 0.325 e. The summed E-state index contributed by atoms with van der Waals surface area (Å²) >= 11 is 3.48. The summed E-state index contributed by atoms with van der Waals surface area (Å²) < 4.78 is 0.888. The summed E-state index contributed by atoms with van der Waals surface area (Å²) in [5, 5.41) is 9.61. The lowest BCUT2D eigenvalue weighted by Gasteiger charge is -2.26. The van der Waals surface area contributed by atoms with Crippen molar-refractivity contribution in [3.63, 3.8) is 0 Å². The van der Waals surface area contributed by atoms with Crippen LogP contribution in [0.25, 0.3) is 0 Å². The van der Waals surface area contributed by atoms with Gasteiger partial charge in [0.2, 0.25) is 0 Å². The molecule has 2 fully saturated rings. The number of rotatable bonds is 3. The molecule has 3 atom stereocenters. The van der Waals surface area contributed by atoms with Gasteiger partial charge in [0.05, 0.1) is 0 Å². The van der Waals surface area contributed by atoms with Crippen molar-refractivity contribution in [2.24, 2.45) is 11.8 Å². The Bertz CT molecular complexity index is 479. The van der Waals surface area contributed by atoms with Gasteiger partial charge in [-0.05, 0) is 36.3 Å². The fraction of sp³-hybridized carbons (Fsp3) is 0.533. The van der Waals surface area contributed by atoms with Crippen LogP contribution in [0.5, 0.6) is 0 Å². The molecule has 0 aromatic heterocycles. The molecule has 1 saturated carbocycles. The number of benzene rings is 1. The molecule has 3 nitrogen and oxygen atoms in total. The van der Waals surface area contributed by atoms with Gasteiger partial charge in [0.25, 0.3) is 0 Å². The van der Waals surface area contributed by atoms with E-state index in [-0.39, 0.29) is 0 Å². The minimum absolute atomic E-state index is 0.513. The molecule has 102 valence electrons. The molecule has 3 rings (SSSR count). The van der Waals surface area contributed by atoms with Crippen LogP contribution in [-0.2, 0) is 4.79 Å². The van der Waals surface area contributed by atoms with Gasteiger partial charge in [-0.15, -0.1) is 0 Å². The van der Waals surface area contributed by atoms with Crippen LogP contribution in [-0.4, -0.2) is 29.1 Å². The summed E-state index contributed by atoms with van der Waals surface area (Å²) in [5.74, 6) is 0.681. The molecular weight excluding hydrogens is 306 g/mol. The van der Waals surface area contributed by atoms with Gasteiger partial charge in [-0.25, -0.2) is 0 Å². The van der Waals surface area contributed by atoms with E-state index in [1.807, 2.05) is 24.3 Å². The van der Waals surface area contributed by atoms with Gasteiger partial charge in [-0.1, -0.05) is 40.5 Å². The zero-order chi connectivity index (χ0) is 13.4. The molecule has 1 aliphatic carbocycles. The number of carbonyl (C=O) groups is 1. The molecule has 1 N–H and O–H groups in total. The van der Waals surface area contributed by atoms with E-state index in [4.69, 9.17) is 0 Å². The predicted molar refractivity (Wildman–Crippen MR) is 76.9 cm³/mol. The van der Waals surface area contributed by atoms with E-state index in [0.29, 0.717) is 11.8 Å². The first-order valence-corrected chi connectivity index (χ1v) is 7.67. The fourth-order valence-electron chi connectivity index (χ4n) is 3.66. The lowest BCUT2D eigenvalue weighted by Crippen LogP contribution is -2.33. The Morgan fingerprint density at radius 3 is 2.47 bits per heavy atom. The maximum absolute atomic E-state index is 11.7. The van der Waals surface area contributed by atoms with Gasteiger partial charge in [-0.2, -0.15) is 0 Å². The average molecular weight is 324 g/mol. The molecule has 0 radical (unpaired) electrons. The summed E-state index contributed by atoms with van der Waals surface area (Å²) in [4.78, 5) is 13.8. The summed E-state index contributed by atoms with van der Waals surface area (Å²) in [6, 6.07) is 7.15. The molecular formula is C15H18BrNO2. The number of carboxylic acid groups (broad SMARTS) is 1. The van der Waals surface area contributed by atoms with Crippen LogP contribution in [0.2, 0.25) is 0 Å². The number of halogens is 1. The van der Waals surface area contributed by atoms with E-state index < -0.39 is 12.0 Å². The summed E-state index contributed by atoms with van der Waals surface area (Å²) in [6.07, 6.45) is 3.85. The van der Waals surface area contributed by atoms with E-state index in [0.717, 1.165) is 23.1 Å². The second kappa shape index (κ2) is 5.25. The van der Waals surface area contributed by atoms with Crippen molar-refractivity contribution in [2.75, 3.05) is 13.1 Å². The molecule has 1 heterocycles. The second-order valence-electron chi connectivity index (χ2n) is 5.67. The van der Waals surface area contributed by atoms with Crippen molar-refractivity contribution < 1.29 is 9.90 Å². The largest absolute Gasteiger partial charge is 0.480 e. The van der Waals surface area contributed by atoms with Crippen LogP contribution in [0.4, 0.5) is 0 Å². The quantitative estimate of drug-likeness (QED) is 0.927. The Labute approximate surface area is 121 Å². The van der Waals surface area contributed by atoms with Crippen molar-refractivity contribution in [1.82, 2.24) is 4.90 Å². The number of fused-ring (bicyclic) bond motifs is 1. The van der Waals surface area contributed by atoms with E-state index >= 15 is 0 Å². The van der Waals surface area contributed by atoms with Crippen LogP contribution in [0.3, 0.4) is 0 Å². The monoisotopic (exact) mass is 323 g/mol. The van der Waals surface area contributed by atoms with Gasteiger partial charge in [0.1, 0.15) is 6.04 Å². The van der Waals surface area contributed by atoms with Crippen molar-refractivity contribution in [1.29, 1.82) is 0 Å². The third-order valence-electron chi connectivity index (χ3n) is 4.55.